The van der Waals surface area contributed by atoms with Gasteiger partial charge in [-0.25, -0.2) is 0 Å². The quantitative estimate of drug-likeness (QED) is 0.682. The van der Waals surface area contributed by atoms with Crippen molar-refractivity contribution in [1.82, 2.24) is 0 Å². The van der Waals surface area contributed by atoms with Gasteiger partial charge < -0.3 is 0 Å². The number of carbonyl (C=O) groups excluding carboxylic acids is 2. The minimum absolute atomic E-state index is 0.0212. The number of hydrogen-bond acceptors (Lipinski definition) is 3. The summed E-state index contributed by atoms with van der Waals surface area (Å²) >= 11 is 1.47. The van der Waals surface area contributed by atoms with Crippen LogP contribution in [0.25, 0.3) is 5.57 Å². The number of nitrogens with zero attached hydrogens (tertiary/aromatic N) is 2. The Balaban J connectivity index is 1.86. The Morgan fingerprint density at radius 2 is 1.69 bits per heavy atom. The minimum Gasteiger partial charge on any atom is -0.299 e. The normalized spacial score (nSPS) is 26.9. The lowest BCUT2D eigenvalue weighted by molar-refractivity contribution is -0.124. The van der Waals surface area contributed by atoms with E-state index in [9.17, 15) is 9.59 Å². The fourth-order valence-corrected chi connectivity index (χ4v) is 6.57. The SMILES string of the molecule is CC1=CC(C)(C)N2C(=O)[C@@]3(S[C@@H](C)C(=O)N3c3ccccc3)c3cc(C)cc1c32. The van der Waals surface area contributed by atoms with Crippen LogP contribution in [-0.2, 0) is 14.5 Å². The Kier molecular flexibility index (Phi) is 3.67. The summed E-state index contributed by atoms with van der Waals surface area (Å²) in [5, 5.41) is -0.297. The van der Waals surface area contributed by atoms with E-state index in [1.54, 1.807) is 4.90 Å². The molecule has 0 bridgehead atoms. The van der Waals surface area contributed by atoms with Crippen LogP contribution >= 0.6 is 11.8 Å². The van der Waals surface area contributed by atoms with Gasteiger partial charge in [-0.05, 0) is 64.0 Å². The average molecular weight is 405 g/mol. The molecule has 0 radical (unpaired) electrons. The lowest BCUT2D eigenvalue weighted by Crippen LogP contribution is -2.55. The summed E-state index contributed by atoms with van der Waals surface area (Å²) in [7, 11) is 0. The van der Waals surface area contributed by atoms with Gasteiger partial charge in [0.1, 0.15) is 0 Å². The molecule has 2 atom stereocenters. The zero-order chi connectivity index (χ0) is 20.7. The Morgan fingerprint density at radius 3 is 2.38 bits per heavy atom. The van der Waals surface area contributed by atoms with Gasteiger partial charge in [0, 0.05) is 16.8 Å². The van der Waals surface area contributed by atoms with Crippen molar-refractivity contribution >= 4 is 40.5 Å². The highest BCUT2D eigenvalue weighted by Crippen LogP contribution is 2.61. The summed E-state index contributed by atoms with van der Waals surface area (Å²) in [6.45, 7) is 10.2. The summed E-state index contributed by atoms with van der Waals surface area (Å²) in [6, 6.07) is 13.8. The van der Waals surface area contributed by atoms with Gasteiger partial charge in [-0.2, -0.15) is 0 Å². The van der Waals surface area contributed by atoms with Crippen molar-refractivity contribution in [1.29, 1.82) is 0 Å². The molecule has 29 heavy (non-hydrogen) atoms. The van der Waals surface area contributed by atoms with Crippen molar-refractivity contribution in [2.75, 3.05) is 9.80 Å². The van der Waals surface area contributed by atoms with Crippen LogP contribution in [0.15, 0.2) is 48.5 Å². The number of hydrogen-bond donors (Lipinski definition) is 0. The van der Waals surface area contributed by atoms with Crippen molar-refractivity contribution in [3.05, 3.63) is 65.2 Å². The fraction of sp³-hybridized carbons (Fsp3) is 0.333. The number of aryl methyl sites for hydroxylation is 1. The standard InChI is InChI=1S/C24H24N2O2S/c1-14-11-18-15(2)13-23(4,5)26-20(18)19(12-14)24(22(26)28)25(21(27)16(3)29-24)17-9-7-6-8-10-17/h6-13,16H,1-5H3/t16-,24-/m0/s1. The summed E-state index contributed by atoms with van der Waals surface area (Å²) in [5.41, 5.74) is 5.56. The van der Waals surface area contributed by atoms with Crippen molar-refractivity contribution in [2.45, 2.75) is 50.3 Å². The molecule has 0 unspecified atom stereocenters. The Labute approximate surface area is 175 Å². The molecule has 3 aliphatic heterocycles. The van der Waals surface area contributed by atoms with Crippen LogP contribution in [-0.4, -0.2) is 22.6 Å². The van der Waals surface area contributed by atoms with Crippen LogP contribution in [0.2, 0.25) is 0 Å². The largest absolute Gasteiger partial charge is 0.299 e. The highest BCUT2D eigenvalue weighted by Gasteiger charge is 2.65. The number of amides is 2. The molecule has 1 spiro atoms. The van der Waals surface area contributed by atoms with Crippen molar-refractivity contribution < 1.29 is 9.59 Å². The number of fused-ring (bicyclic) bond motifs is 1. The zero-order valence-corrected chi connectivity index (χ0v) is 18.1. The van der Waals surface area contributed by atoms with E-state index < -0.39 is 10.4 Å². The second-order valence-electron chi connectivity index (χ2n) is 8.74. The lowest BCUT2D eigenvalue weighted by Gasteiger charge is -2.40. The molecular weight excluding hydrogens is 380 g/mol. The summed E-state index contributed by atoms with van der Waals surface area (Å²) in [6.07, 6.45) is 2.16. The molecule has 148 valence electrons. The third kappa shape index (κ3) is 2.22. The molecule has 1 saturated heterocycles. The van der Waals surface area contributed by atoms with E-state index in [2.05, 4.69) is 45.9 Å². The summed E-state index contributed by atoms with van der Waals surface area (Å²) < 4.78 is 0. The van der Waals surface area contributed by atoms with Gasteiger partial charge >= 0.3 is 0 Å². The van der Waals surface area contributed by atoms with E-state index in [0.717, 1.165) is 28.1 Å². The topological polar surface area (TPSA) is 40.6 Å². The first-order valence-corrected chi connectivity index (χ1v) is 10.8. The fourth-order valence-electron chi connectivity index (χ4n) is 5.08. The van der Waals surface area contributed by atoms with Crippen molar-refractivity contribution in [3.63, 3.8) is 0 Å². The van der Waals surface area contributed by atoms with Crippen LogP contribution in [0.3, 0.4) is 0 Å². The predicted molar refractivity (Wildman–Crippen MR) is 119 cm³/mol. The summed E-state index contributed by atoms with van der Waals surface area (Å²) in [5.74, 6) is -0.0493. The highest BCUT2D eigenvalue weighted by atomic mass is 32.2. The van der Waals surface area contributed by atoms with Gasteiger partial charge in [0.15, 0.2) is 0 Å². The van der Waals surface area contributed by atoms with E-state index in [1.165, 1.54) is 17.3 Å². The monoisotopic (exact) mass is 404 g/mol. The van der Waals surface area contributed by atoms with Crippen LogP contribution in [0.1, 0.15) is 44.4 Å². The van der Waals surface area contributed by atoms with Crippen molar-refractivity contribution in [3.8, 4) is 0 Å². The number of rotatable bonds is 1. The molecule has 0 saturated carbocycles. The Hall–Kier alpha value is -2.53. The van der Waals surface area contributed by atoms with Gasteiger partial charge in [0.05, 0.1) is 16.5 Å². The van der Waals surface area contributed by atoms with Gasteiger partial charge in [-0.15, -0.1) is 11.8 Å². The molecule has 0 N–H and O–H groups in total. The van der Waals surface area contributed by atoms with Crippen LogP contribution in [0.5, 0.6) is 0 Å². The number of carbonyl (C=O) groups is 2. The van der Waals surface area contributed by atoms with Gasteiger partial charge in [-0.1, -0.05) is 30.3 Å². The number of allylic oxidation sites excluding steroid dienone is 1. The molecule has 3 aliphatic rings. The third-order valence-corrected chi connectivity index (χ3v) is 7.62. The zero-order valence-electron chi connectivity index (χ0n) is 17.3. The van der Waals surface area contributed by atoms with Crippen LogP contribution in [0.4, 0.5) is 11.4 Å². The van der Waals surface area contributed by atoms with E-state index in [4.69, 9.17) is 0 Å². The minimum atomic E-state index is -1.07. The molecule has 3 heterocycles. The maximum atomic E-state index is 14.2. The van der Waals surface area contributed by atoms with Gasteiger partial charge in [0.2, 0.25) is 10.8 Å². The van der Waals surface area contributed by atoms with E-state index in [-0.39, 0.29) is 17.1 Å². The molecule has 1 fully saturated rings. The van der Waals surface area contributed by atoms with Crippen LogP contribution < -0.4 is 9.80 Å². The number of thioether (sulfide) groups is 1. The number of para-hydroxylation sites is 1. The van der Waals surface area contributed by atoms with E-state index in [0.29, 0.717) is 0 Å². The van der Waals surface area contributed by atoms with Crippen LogP contribution in [0, 0.1) is 6.92 Å². The molecule has 4 nitrogen and oxygen atoms in total. The highest BCUT2D eigenvalue weighted by molar-refractivity contribution is 8.03. The maximum Gasteiger partial charge on any atom is 0.269 e. The summed E-state index contributed by atoms with van der Waals surface area (Å²) in [4.78, 5) is 30.1. The third-order valence-electron chi connectivity index (χ3n) is 6.15. The van der Waals surface area contributed by atoms with Gasteiger partial charge in [0.25, 0.3) is 5.91 Å². The second kappa shape index (κ2) is 5.76. The second-order valence-corrected chi connectivity index (χ2v) is 10.3. The van der Waals surface area contributed by atoms with E-state index >= 15 is 0 Å². The van der Waals surface area contributed by atoms with Crippen molar-refractivity contribution in [2.24, 2.45) is 0 Å². The first-order chi connectivity index (χ1) is 13.7. The average Bonchev–Trinajstić information content (AvgIpc) is 3.07. The van der Waals surface area contributed by atoms with E-state index in [1.807, 2.05) is 42.2 Å². The molecule has 2 aromatic carbocycles. The Bertz CT molecular complexity index is 1110. The Morgan fingerprint density at radius 1 is 1.00 bits per heavy atom. The maximum absolute atomic E-state index is 14.2. The molecule has 0 aliphatic carbocycles. The molecule has 2 amide bonds. The number of anilines is 2. The first-order valence-electron chi connectivity index (χ1n) is 9.95. The molecule has 0 aromatic heterocycles. The smallest absolute Gasteiger partial charge is 0.269 e. The molecule has 5 rings (SSSR count). The molecule has 5 heteroatoms. The number of benzene rings is 2. The predicted octanol–water partition coefficient (Wildman–Crippen LogP) is 4.86. The van der Waals surface area contributed by atoms with Gasteiger partial charge in [-0.3, -0.25) is 19.4 Å². The molecule has 2 aromatic rings. The lowest BCUT2D eigenvalue weighted by atomic mass is 9.88. The molecular formula is C24H24N2O2S. The first kappa shape index (κ1) is 18.5.